The second-order valence-corrected chi connectivity index (χ2v) is 28.5. The highest BCUT2D eigenvalue weighted by atomic mass is 31.2. The van der Waals surface area contributed by atoms with Crippen LogP contribution in [0.1, 0.15) is 336 Å². The van der Waals surface area contributed by atoms with E-state index in [-0.39, 0.29) is 25.7 Å². The van der Waals surface area contributed by atoms with E-state index in [9.17, 15) is 43.2 Å². The predicted octanol–water partition coefficient (Wildman–Crippen LogP) is 21.7. The van der Waals surface area contributed by atoms with Gasteiger partial charge in [-0.3, -0.25) is 37.3 Å². The number of unbranched alkanes of at least 4 members (excludes halogenated alkanes) is 35. The summed E-state index contributed by atoms with van der Waals surface area (Å²) in [6, 6.07) is 0. The van der Waals surface area contributed by atoms with Gasteiger partial charge in [0.2, 0.25) is 0 Å². The lowest BCUT2D eigenvalue weighted by atomic mass is 10.1. The molecule has 0 aromatic heterocycles. The van der Waals surface area contributed by atoms with Crippen LogP contribution in [0.5, 0.6) is 0 Å². The molecule has 0 fully saturated rings. The molecule has 5 atom stereocenters. The third-order valence-corrected chi connectivity index (χ3v) is 18.0. The predicted molar refractivity (Wildman–Crippen MR) is 390 cm³/mol. The van der Waals surface area contributed by atoms with E-state index in [1.54, 1.807) is 0 Å². The molecular weight excluding hydrogens is 1260 g/mol. The zero-order chi connectivity index (χ0) is 70.4. The fraction of sp³-hybridized carbons (Fsp3) is 0.792. The third-order valence-electron chi connectivity index (χ3n) is 16.1. The molecule has 19 heteroatoms. The molecular formula is C77H138O17P2. The van der Waals surface area contributed by atoms with Crippen molar-refractivity contribution < 1.29 is 80.2 Å². The molecule has 0 aromatic rings. The summed E-state index contributed by atoms with van der Waals surface area (Å²) >= 11 is 0. The number of carbonyl (C=O) groups is 4. The van der Waals surface area contributed by atoms with Crippen molar-refractivity contribution in [2.45, 2.75) is 354 Å². The van der Waals surface area contributed by atoms with Gasteiger partial charge in [-0.2, -0.15) is 0 Å². The molecule has 0 spiro atoms. The van der Waals surface area contributed by atoms with Gasteiger partial charge in [0.25, 0.3) is 0 Å². The maximum atomic E-state index is 13.1. The molecule has 0 saturated carbocycles. The highest BCUT2D eigenvalue weighted by Gasteiger charge is 2.30. The van der Waals surface area contributed by atoms with Gasteiger partial charge in [0.15, 0.2) is 12.2 Å². The van der Waals surface area contributed by atoms with Crippen molar-refractivity contribution in [3.05, 3.63) is 72.9 Å². The van der Waals surface area contributed by atoms with Crippen LogP contribution >= 0.6 is 15.6 Å². The Kier molecular flexibility index (Phi) is 67.4. The van der Waals surface area contributed by atoms with Gasteiger partial charge in [-0.15, -0.1) is 0 Å². The standard InChI is InChI=1S/C77H138O17P2/c1-5-9-13-17-21-25-29-33-35-39-42-46-50-54-58-62-75(80)88-68-72(93-76(81)63-59-55-51-47-43-38-32-28-24-20-16-12-8-4)69-91-95(83,84)89-65-71(78)66-90-96(85,86)92-70-73(67-87-74(79)61-57-53-49-45-41-37-31-27-23-19-15-11-7-3)94-77(82)64-60-56-52-48-44-40-36-34-30-26-22-18-14-10-6-2/h22,25-29,31-36,71-73,78H,5-21,23-24,30,37-70H2,1-4H3,(H,83,84)(H,85,86)/b26-22-,29-25-,31-27-,32-28-,35-33-,36-34-/t71-,72-,73-/m1/s1. The lowest BCUT2D eigenvalue weighted by Gasteiger charge is -2.21. The van der Waals surface area contributed by atoms with Crippen LogP contribution in [0.4, 0.5) is 0 Å². The molecule has 0 amide bonds. The van der Waals surface area contributed by atoms with Crippen molar-refractivity contribution >= 4 is 39.5 Å². The minimum absolute atomic E-state index is 0.0794. The van der Waals surface area contributed by atoms with E-state index >= 15 is 0 Å². The van der Waals surface area contributed by atoms with Crippen molar-refractivity contribution in [3.8, 4) is 0 Å². The summed E-state index contributed by atoms with van der Waals surface area (Å²) in [7, 11) is -9.95. The molecule has 0 aliphatic carbocycles. The van der Waals surface area contributed by atoms with Gasteiger partial charge >= 0.3 is 39.5 Å². The summed E-state index contributed by atoms with van der Waals surface area (Å²) in [6.45, 7) is 4.78. The summed E-state index contributed by atoms with van der Waals surface area (Å²) in [5.41, 5.74) is 0. The first-order chi connectivity index (χ1) is 46.7. The van der Waals surface area contributed by atoms with Crippen LogP contribution in [0.15, 0.2) is 72.9 Å². The summed E-state index contributed by atoms with van der Waals surface area (Å²) in [4.78, 5) is 72.8. The fourth-order valence-corrected chi connectivity index (χ4v) is 11.8. The van der Waals surface area contributed by atoms with Gasteiger partial charge < -0.3 is 33.8 Å². The van der Waals surface area contributed by atoms with Gasteiger partial charge in [0, 0.05) is 25.7 Å². The Morgan fingerprint density at radius 2 is 0.542 bits per heavy atom. The number of carbonyl (C=O) groups excluding carboxylic acids is 4. The highest BCUT2D eigenvalue weighted by molar-refractivity contribution is 7.47. The third kappa shape index (κ3) is 69.0. The first-order valence-electron chi connectivity index (χ1n) is 38.2. The Morgan fingerprint density at radius 1 is 0.302 bits per heavy atom. The van der Waals surface area contributed by atoms with E-state index in [1.807, 2.05) is 0 Å². The zero-order valence-corrected chi connectivity index (χ0v) is 62.6. The summed E-state index contributed by atoms with van der Waals surface area (Å²) in [5, 5.41) is 10.6. The molecule has 0 aromatic carbocycles. The Hall–Kier alpha value is -3.50. The molecule has 0 aliphatic rings. The van der Waals surface area contributed by atoms with Gasteiger partial charge in [-0.1, -0.05) is 248 Å². The number of aliphatic hydroxyl groups is 1. The number of ether oxygens (including phenoxy) is 4. The molecule has 0 radical (unpaired) electrons. The number of hydrogen-bond donors (Lipinski definition) is 3. The van der Waals surface area contributed by atoms with E-state index in [1.165, 1.54) is 96.3 Å². The lowest BCUT2D eigenvalue weighted by Crippen LogP contribution is -2.30. The summed E-state index contributed by atoms with van der Waals surface area (Å²) in [6.07, 6.45) is 68.8. The van der Waals surface area contributed by atoms with Gasteiger partial charge in [-0.25, -0.2) is 9.13 Å². The smallest absolute Gasteiger partial charge is 0.462 e. The number of phosphoric ester groups is 2. The van der Waals surface area contributed by atoms with Gasteiger partial charge in [0.1, 0.15) is 19.3 Å². The molecule has 3 N–H and O–H groups in total. The topological polar surface area (TPSA) is 237 Å². The van der Waals surface area contributed by atoms with Crippen molar-refractivity contribution in [3.63, 3.8) is 0 Å². The van der Waals surface area contributed by atoms with E-state index < -0.39 is 97.5 Å². The van der Waals surface area contributed by atoms with Gasteiger partial charge in [-0.05, 0) is 135 Å². The fourth-order valence-electron chi connectivity index (χ4n) is 10.2. The molecule has 17 nitrogen and oxygen atoms in total. The van der Waals surface area contributed by atoms with Crippen LogP contribution in [0.3, 0.4) is 0 Å². The molecule has 0 heterocycles. The van der Waals surface area contributed by atoms with Crippen LogP contribution in [0.25, 0.3) is 0 Å². The van der Waals surface area contributed by atoms with Crippen LogP contribution in [-0.4, -0.2) is 96.7 Å². The van der Waals surface area contributed by atoms with E-state index in [0.29, 0.717) is 25.7 Å². The Labute approximate surface area is 583 Å². The molecule has 0 rings (SSSR count). The average Bonchev–Trinajstić information content (AvgIpc) is 1.29. The zero-order valence-electron chi connectivity index (χ0n) is 60.8. The van der Waals surface area contributed by atoms with Crippen molar-refractivity contribution in [2.24, 2.45) is 0 Å². The minimum Gasteiger partial charge on any atom is -0.462 e. The number of aliphatic hydroxyl groups excluding tert-OH is 1. The van der Waals surface area contributed by atoms with Gasteiger partial charge in [0.05, 0.1) is 26.4 Å². The molecule has 0 bridgehead atoms. The van der Waals surface area contributed by atoms with Crippen LogP contribution < -0.4 is 0 Å². The molecule has 558 valence electrons. The first-order valence-corrected chi connectivity index (χ1v) is 41.2. The maximum absolute atomic E-state index is 13.1. The number of hydrogen-bond acceptors (Lipinski definition) is 15. The maximum Gasteiger partial charge on any atom is 0.472 e. The largest absolute Gasteiger partial charge is 0.472 e. The lowest BCUT2D eigenvalue weighted by molar-refractivity contribution is -0.161. The number of phosphoric acid groups is 2. The van der Waals surface area contributed by atoms with Crippen LogP contribution in [0, 0.1) is 0 Å². The summed E-state index contributed by atoms with van der Waals surface area (Å²) < 4.78 is 68.4. The Morgan fingerprint density at radius 3 is 0.865 bits per heavy atom. The SMILES string of the molecule is CCCCC/C=C\C/C=C\CCCCCCCC(=O)O[C@H](COC(=O)CCCCCCC/C=C\CCCCCC)COP(=O)(O)OC[C@H](O)COP(=O)(O)OC[C@@H](COC(=O)CCCCCCC/C=C\C=C/CCCCCC)OC(=O)CCCCCCC/C=C\CCCCCC. The average molecular weight is 1400 g/mol. The second kappa shape index (κ2) is 70.0. The highest BCUT2D eigenvalue weighted by Crippen LogP contribution is 2.45. The normalized spacial score (nSPS) is 14.4. The monoisotopic (exact) mass is 1400 g/mol. The molecule has 96 heavy (non-hydrogen) atoms. The molecule has 0 saturated heterocycles. The van der Waals surface area contributed by atoms with Crippen molar-refractivity contribution in [1.29, 1.82) is 0 Å². The van der Waals surface area contributed by atoms with Crippen LogP contribution in [-0.2, 0) is 65.4 Å². The Bertz CT molecular complexity index is 2110. The number of allylic oxidation sites excluding steroid dienone is 12. The van der Waals surface area contributed by atoms with E-state index in [0.717, 1.165) is 161 Å². The number of esters is 4. The molecule has 2 unspecified atom stereocenters. The second-order valence-electron chi connectivity index (χ2n) is 25.6. The quantitative estimate of drug-likeness (QED) is 0.0128. The summed E-state index contributed by atoms with van der Waals surface area (Å²) in [5.74, 6) is -2.21. The van der Waals surface area contributed by atoms with Crippen LogP contribution in [0.2, 0.25) is 0 Å². The van der Waals surface area contributed by atoms with Crippen molar-refractivity contribution in [2.75, 3.05) is 39.6 Å². The molecule has 0 aliphatic heterocycles. The van der Waals surface area contributed by atoms with E-state index in [2.05, 4.69) is 101 Å². The van der Waals surface area contributed by atoms with Crippen molar-refractivity contribution in [1.82, 2.24) is 0 Å². The van der Waals surface area contributed by atoms with E-state index in [4.69, 9.17) is 37.0 Å². The number of rotatable bonds is 72. The Balaban J connectivity index is 5.36. The first kappa shape index (κ1) is 92.5. The minimum atomic E-state index is -4.97.